The van der Waals surface area contributed by atoms with Crippen LogP contribution in [-0.4, -0.2) is 36.1 Å². The fourth-order valence-corrected chi connectivity index (χ4v) is 2.08. The predicted octanol–water partition coefficient (Wildman–Crippen LogP) is 1.48. The molecule has 0 aliphatic rings. The lowest BCUT2D eigenvalue weighted by atomic mass is 10.0. The van der Waals surface area contributed by atoms with Crippen LogP contribution in [0.15, 0.2) is 28.7 Å². The maximum absolute atomic E-state index is 9.58. The highest BCUT2D eigenvalue weighted by atomic mass is 16.5. The van der Waals surface area contributed by atoms with Crippen LogP contribution in [0.2, 0.25) is 0 Å². The van der Waals surface area contributed by atoms with E-state index in [4.69, 9.17) is 19.0 Å². The molecular formula is C15H18O6. The van der Waals surface area contributed by atoms with Gasteiger partial charge in [-0.3, -0.25) is 0 Å². The van der Waals surface area contributed by atoms with E-state index in [-0.39, 0.29) is 12.4 Å². The van der Waals surface area contributed by atoms with Crippen molar-refractivity contribution in [3.05, 3.63) is 35.6 Å². The molecule has 0 aliphatic heterocycles. The summed E-state index contributed by atoms with van der Waals surface area (Å²) >= 11 is 0. The van der Waals surface area contributed by atoms with Gasteiger partial charge in [0.25, 0.3) is 0 Å². The van der Waals surface area contributed by atoms with Crippen LogP contribution in [0.5, 0.6) is 11.5 Å². The van der Waals surface area contributed by atoms with Crippen molar-refractivity contribution in [2.24, 2.45) is 0 Å². The molecule has 1 atom stereocenters. The van der Waals surface area contributed by atoms with E-state index in [2.05, 4.69) is 0 Å². The van der Waals surface area contributed by atoms with Gasteiger partial charge in [-0.05, 0) is 23.8 Å². The first-order valence-corrected chi connectivity index (χ1v) is 6.39. The van der Waals surface area contributed by atoms with Gasteiger partial charge in [0.15, 0.2) is 0 Å². The molecule has 0 aliphatic carbocycles. The third-order valence-electron chi connectivity index (χ3n) is 3.16. The third-order valence-corrected chi connectivity index (χ3v) is 3.16. The maximum atomic E-state index is 9.58. The van der Waals surface area contributed by atoms with Crippen molar-refractivity contribution in [2.75, 3.05) is 20.8 Å². The Kier molecular flexibility index (Phi) is 4.85. The molecule has 1 aromatic heterocycles. The van der Waals surface area contributed by atoms with Gasteiger partial charge in [-0.2, -0.15) is 0 Å². The molecule has 21 heavy (non-hydrogen) atoms. The normalized spacial score (nSPS) is 12.2. The lowest BCUT2D eigenvalue weighted by Gasteiger charge is -2.13. The third kappa shape index (κ3) is 3.02. The summed E-state index contributed by atoms with van der Waals surface area (Å²) < 4.78 is 16.0. The Morgan fingerprint density at radius 3 is 2.48 bits per heavy atom. The van der Waals surface area contributed by atoms with Gasteiger partial charge in [0.1, 0.15) is 29.1 Å². The molecule has 0 spiro atoms. The Bertz CT molecular complexity index is 579. The first-order valence-electron chi connectivity index (χ1n) is 6.39. The molecule has 3 N–H and O–H groups in total. The van der Waals surface area contributed by atoms with Gasteiger partial charge in [-0.25, -0.2) is 0 Å². The maximum Gasteiger partial charge on any atom is 0.138 e. The van der Waals surface area contributed by atoms with Crippen molar-refractivity contribution in [1.29, 1.82) is 0 Å². The number of hydrogen-bond acceptors (Lipinski definition) is 6. The highest BCUT2D eigenvalue weighted by Gasteiger charge is 2.19. The van der Waals surface area contributed by atoms with Crippen LogP contribution in [0.4, 0.5) is 0 Å². The predicted molar refractivity (Wildman–Crippen MR) is 75.2 cm³/mol. The van der Waals surface area contributed by atoms with Crippen molar-refractivity contribution in [2.45, 2.75) is 12.7 Å². The van der Waals surface area contributed by atoms with Gasteiger partial charge in [-0.1, -0.05) is 0 Å². The zero-order chi connectivity index (χ0) is 15.4. The highest BCUT2D eigenvalue weighted by molar-refractivity contribution is 5.71. The fraction of sp³-hybridized carbons (Fsp3) is 0.333. The molecule has 0 bridgehead atoms. The molecule has 114 valence electrons. The first-order chi connectivity index (χ1) is 10.1. The number of rotatable bonds is 6. The highest BCUT2D eigenvalue weighted by Crippen LogP contribution is 2.38. The average Bonchev–Trinajstić information content (AvgIpc) is 3.01. The van der Waals surface area contributed by atoms with Gasteiger partial charge in [0.2, 0.25) is 0 Å². The molecule has 1 aromatic carbocycles. The minimum Gasteiger partial charge on any atom is -0.497 e. The van der Waals surface area contributed by atoms with Crippen LogP contribution in [0, 0.1) is 0 Å². The molecule has 0 amide bonds. The molecule has 2 rings (SSSR count). The lowest BCUT2D eigenvalue weighted by molar-refractivity contribution is 0.0781. The Morgan fingerprint density at radius 2 is 1.90 bits per heavy atom. The quantitative estimate of drug-likeness (QED) is 0.747. The summed E-state index contributed by atoms with van der Waals surface area (Å²) in [5.41, 5.74) is 1.16. The molecule has 0 saturated carbocycles. The Morgan fingerprint density at radius 1 is 1.14 bits per heavy atom. The molecule has 0 saturated heterocycles. The van der Waals surface area contributed by atoms with Crippen molar-refractivity contribution in [3.8, 4) is 22.8 Å². The number of hydrogen-bond donors (Lipinski definition) is 3. The van der Waals surface area contributed by atoms with E-state index in [0.29, 0.717) is 28.4 Å². The summed E-state index contributed by atoms with van der Waals surface area (Å²) in [5, 5.41) is 28.1. The van der Waals surface area contributed by atoms with Crippen molar-refractivity contribution >= 4 is 0 Å². The van der Waals surface area contributed by atoms with E-state index in [1.807, 2.05) is 0 Å². The zero-order valence-corrected chi connectivity index (χ0v) is 11.9. The minimum absolute atomic E-state index is 0.221. The molecule has 0 radical (unpaired) electrons. The lowest BCUT2D eigenvalue weighted by Crippen LogP contribution is -2.00. The van der Waals surface area contributed by atoms with Crippen molar-refractivity contribution < 1.29 is 29.2 Å². The molecule has 6 heteroatoms. The zero-order valence-electron chi connectivity index (χ0n) is 11.9. The average molecular weight is 294 g/mol. The standard InChI is InChI=1S/C15H18O6/c1-19-10-5-9(7-16)15(14(6-10)20-2)13-4-3-12(21-13)11(18)8-17/h3-6,11,16-18H,7-8H2,1-2H3/t11-/m1/s1. The van der Waals surface area contributed by atoms with Gasteiger partial charge >= 0.3 is 0 Å². The van der Waals surface area contributed by atoms with E-state index >= 15 is 0 Å². The molecule has 6 nitrogen and oxygen atoms in total. The molecule has 2 aromatic rings. The van der Waals surface area contributed by atoms with E-state index in [9.17, 15) is 10.2 Å². The number of furan rings is 1. The SMILES string of the molecule is COc1cc(CO)c(-c2ccc([C@H](O)CO)o2)c(OC)c1. The summed E-state index contributed by atoms with van der Waals surface area (Å²) in [4.78, 5) is 0. The Labute approximate surface area is 122 Å². The summed E-state index contributed by atoms with van der Waals surface area (Å²) in [6, 6.07) is 6.58. The topological polar surface area (TPSA) is 92.3 Å². The van der Waals surface area contributed by atoms with E-state index in [1.54, 1.807) is 24.3 Å². The van der Waals surface area contributed by atoms with Crippen LogP contribution in [0.3, 0.4) is 0 Å². The number of benzene rings is 1. The van der Waals surface area contributed by atoms with Crippen LogP contribution >= 0.6 is 0 Å². The van der Waals surface area contributed by atoms with Gasteiger partial charge in [-0.15, -0.1) is 0 Å². The van der Waals surface area contributed by atoms with E-state index < -0.39 is 12.7 Å². The smallest absolute Gasteiger partial charge is 0.138 e. The van der Waals surface area contributed by atoms with Crippen LogP contribution in [0.1, 0.15) is 17.4 Å². The molecular weight excluding hydrogens is 276 g/mol. The summed E-state index contributed by atoms with van der Waals surface area (Å²) in [7, 11) is 3.03. The number of aliphatic hydroxyl groups is 3. The molecule has 0 fully saturated rings. The first kappa shape index (κ1) is 15.4. The second kappa shape index (κ2) is 6.62. The van der Waals surface area contributed by atoms with Crippen LogP contribution < -0.4 is 9.47 Å². The van der Waals surface area contributed by atoms with Crippen molar-refractivity contribution in [3.63, 3.8) is 0 Å². The van der Waals surface area contributed by atoms with Crippen LogP contribution in [-0.2, 0) is 6.61 Å². The second-order valence-electron chi connectivity index (χ2n) is 4.42. The molecule has 0 unspecified atom stereocenters. The van der Waals surface area contributed by atoms with E-state index in [0.717, 1.165) is 0 Å². The van der Waals surface area contributed by atoms with Crippen LogP contribution in [0.25, 0.3) is 11.3 Å². The summed E-state index contributed by atoms with van der Waals surface area (Å²) in [5.74, 6) is 1.72. The monoisotopic (exact) mass is 294 g/mol. The number of ether oxygens (including phenoxy) is 2. The van der Waals surface area contributed by atoms with Gasteiger partial charge < -0.3 is 29.2 Å². The molecule has 1 heterocycles. The van der Waals surface area contributed by atoms with Crippen molar-refractivity contribution in [1.82, 2.24) is 0 Å². The van der Waals surface area contributed by atoms with Gasteiger partial charge in [0.05, 0.1) is 33.0 Å². The fourth-order valence-electron chi connectivity index (χ4n) is 2.08. The summed E-state index contributed by atoms with van der Waals surface area (Å²) in [6.45, 7) is -0.652. The number of aliphatic hydroxyl groups excluding tert-OH is 3. The minimum atomic E-state index is -1.08. The Hall–Kier alpha value is -2.02. The number of methoxy groups -OCH3 is 2. The largest absolute Gasteiger partial charge is 0.497 e. The Balaban J connectivity index is 2.53. The second-order valence-corrected chi connectivity index (χ2v) is 4.42. The van der Waals surface area contributed by atoms with E-state index in [1.165, 1.54) is 14.2 Å². The summed E-state index contributed by atoms with van der Waals surface area (Å²) in [6.07, 6.45) is -1.08. The van der Waals surface area contributed by atoms with Gasteiger partial charge in [0, 0.05) is 6.07 Å².